The molecule has 1 rings (SSSR count). The molecule has 0 spiro atoms. The van der Waals surface area contributed by atoms with Crippen LogP contribution in [0.2, 0.25) is 0 Å². The Morgan fingerprint density at radius 3 is 2.24 bits per heavy atom. The first-order chi connectivity index (χ1) is 7.85. The van der Waals surface area contributed by atoms with Crippen LogP contribution in [0, 0.1) is 26.2 Å². The first kappa shape index (κ1) is 14.0. The van der Waals surface area contributed by atoms with Crippen LogP contribution < -0.4 is 10.5 Å². The van der Waals surface area contributed by atoms with E-state index in [-0.39, 0.29) is 5.41 Å². The molecule has 2 heteroatoms. The quantitative estimate of drug-likeness (QED) is 0.849. The lowest BCUT2D eigenvalue weighted by atomic mass is 9.90. The van der Waals surface area contributed by atoms with E-state index in [2.05, 4.69) is 46.8 Å². The van der Waals surface area contributed by atoms with Crippen LogP contribution in [0.3, 0.4) is 0 Å². The minimum atomic E-state index is 0.160. The van der Waals surface area contributed by atoms with Gasteiger partial charge in [-0.05, 0) is 61.9 Å². The third kappa shape index (κ3) is 4.04. The van der Waals surface area contributed by atoms with Crippen LogP contribution >= 0.6 is 0 Å². The van der Waals surface area contributed by atoms with E-state index in [0.29, 0.717) is 6.54 Å². The van der Waals surface area contributed by atoms with E-state index in [1.165, 1.54) is 16.7 Å². The van der Waals surface area contributed by atoms with E-state index in [1.54, 1.807) is 0 Å². The highest BCUT2D eigenvalue weighted by atomic mass is 16.5. The van der Waals surface area contributed by atoms with Gasteiger partial charge in [0.2, 0.25) is 0 Å². The average molecular weight is 235 g/mol. The number of hydrogen-bond donors (Lipinski definition) is 1. The molecule has 0 aliphatic rings. The van der Waals surface area contributed by atoms with Gasteiger partial charge < -0.3 is 10.5 Å². The SMILES string of the molecule is Cc1cc(C)c(OCCC(C)(C)CN)cc1C. The lowest BCUT2D eigenvalue weighted by Gasteiger charge is -2.22. The van der Waals surface area contributed by atoms with Crippen LogP contribution in [-0.4, -0.2) is 13.2 Å². The molecule has 1 aromatic carbocycles. The summed E-state index contributed by atoms with van der Waals surface area (Å²) in [5.41, 5.74) is 9.67. The van der Waals surface area contributed by atoms with Gasteiger partial charge in [-0.3, -0.25) is 0 Å². The molecule has 1 aromatic rings. The maximum atomic E-state index is 5.85. The van der Waals surface area contributed by atoms with E-state index in [4.69, 9.17) is 10.5 Å². The minimum absolute atomic E-state index is 0.160. The van der Waals surface area contributed by atoms with Gasteiger partial charge >= 0.3 is 0 Å². The number of aryl methyl sites for hydroxylation is 3. The molecule has 0 fully saturated rings. The molecule has 96 valence electrons. The van der Waals surface area contributed by atoms with Gasteiger partial charge in [-0.25, -0.2) is 0 Å². The second kappa shape index (κ2) is 5.54. The van der Waals surface area contributed by atoms with E-state index in [0.717, 1.165) is 18.8 Å². The lowest BCUT2D eigenvalue weighted by molar-refractivity contribution is 0.232. The summed E-state index contributed by atoms with van der Waals surface area (Å²) in [5, 5.41) is 0. The highest BCUT2D eigenvalue weighted by Gasteiger charge is 2.15. The molecule has 0 saturated carbocycles. The van der Waals surface area contributed by atoms with Gasteiger partial charge in [0, 0.05) is 0 Å². The molecule has 2 nitrogen and oxygen atoms in total. The zero-order valence-corrected chi connectivity index (χ0v) is 11.8. The van der Waals surface area contributed by atoms with Crippen molar-refractivity contribution in [3.63, 3.8) is 0 Å². The van der Waals surface area contributed by atoms with Crippen LogP contribution in [0.4, 0.5) is 0 Å². The summed E-state index contributed by atoms with van der Waals surface area (Å²) in [7, 11) is 0. The fraction of sp³-hybridized carbons (Fsp3) is 0.600. The number of ether oxygens (including phenoxy) is 1. The van der Waals surface area contributed by atoms with Crippen molar-refractivity contribution < 1.29 is 4.74 Å². The predicted octanol–water partition coefficient (Wildman–Crippen LogP) is 3.37. The summed E-state index contributed by atoms with van der Waals surface area (Å²) in [4.78, 5) is 0. The third-order valence-corrected chi connectivity index (χ3v) is 3.38. The topological polar surface area (TPSA) is 35.2 Å². The van der Waals surface area contributed by atoms with E-state index in [9.17, 15) is 0 Å². The lowest BCUT2D eigenvalue weighted by Crippen LogP contribution is -2.25. The molecule has 0 aliphatic carbocycles. The molecule has 0 aromatic heterocycles. The second-order valence-corrected chi connectivity index (χ2v) is 5.67. The van der Waals surface area contributed by atoms with Crippen LogP contribution in [0.1, 0.15) is 37.0 Å². The summed E-state index contributed by atoms with van der Waals surface area (Å²) in [6, 6.07) is 4.30. The summed E-state index contributed by atoms with van der Waals surface area (Å²) in [5.74, 6) is 1.00. The molecule has 2 N–H and O–H groups in total. The van der Waals surface area contributed by atoms with Gasteiger partial charge in [0.25, 0.3) is 0 Å². The van der Waals surface area contributed by atoms with Gasteiger partial charge in [-0.1, -0.05) is 19.9 Å². The van der Waals surface area contributed by atoms with E-state index >= 15 is 0 Å². The maximum absolute atomic E-state index is 5.85. The van der Waals surface area contributed by atoms with Gasteiger partial charge in [-0.15, -0.1) is 0 Å². The van der Waals surface area contributed by atoms with Crippen molar-refractivity contribution in [2.45, 2.75) is 41.0 Å². The number of nitrogens with two attached hydrogens (primary N) is 1. The number of hydrogen-bond acceptors (Lipinski definition) is 2. The smallest absolute Gasteiger partial charge is 0.122 e. The molecule has 0 bridgehead atoms. The molecular formula is C15H25NO. The molecule has 17 heavy (non-hydrogen) atoms. The van der Waals surface area contributed by atoms with Crippen molar-refractivity contribution in [2.24, 2.45) is 11.1 Å². The molecule has 0 atom stereocenters. The minimum Gasteiger partial charge on any atom is -0.493 e. The molecule has 0 aliphatic heterocycles. The molecule has 0 amide bonds. The Labute approximate surface area is 105 Å². The summed E-state index contributed by atoms with van der Waals surface area (Å²) >= 11 is 0. The van der Waals surface area contributed by atoms with Crippen LogP contribution in [0.15, 0.2) is 12.1 Å². The Kier molecular flexibility index (Phi) is 4.58. The van der Waals surface area contributed by atoms with E-state index in [1.807, 2.05) is 0 Å². The van der Waals surface area contributed by atoms with Crippen LogP contribution in [0.5, 0.6) is 5.75 Å². The van der Waals surface area contributed by atoms with Gasteiger partial charge in [0.1, 0.15) is 5.75 Å². The fourth-order valence-electron chi connectivity index (χ4n) is 1.63. The van der Waals surface area contributed by atoms with Crippen molar-refractivity contribution in [2.75, 3.05) is 13.2 Å². The standard InChI is InChI=1S/C15H25NO/c1-11-8-13(3)14(9-12(11)2)17-7-6-15(4,5)10-16/h8-9H,6-7,10,16H2,1-5H3. The molecule has 0 radical (unpaired) electrons. The van der Waals surface area contributed by atoms with Crippen molar-refractivity contribution in [1.29, 1.82) is 0 Å². The predicted molar refractivity (Wildman–Crippen MR) is 73.6 cm³/mol. The molecule has 0 heterocycles. The Morgan fingerprint density at radius 1 is 1.06 bits per heavy atom. The monoisotopic (exact) mass is 235 g/mol. The van der Waals surface area contributed by atoms with Crippen molar-refractivity contribution in [3.8, 4) is 5.75 Å². The molecule has 0 saturated heterocycles. The molecule has 0 unspecified atom stereocenters. The normalized spacial score (nSPS) is 11.6. The number of rotatable bonds is 5. The largest absolute Gasteiger partial charge is 0.493 e. The Balaban J connectivity index is 2.61. The Bertz CT molecular complexity index is 383. The van der Waals surface area contributed by atoms with Crippen molar-refractivity contribution >= 4 is 0 Å². The fourth-order valence-corrected chi connectivity index (χ4v) is 1.63. The first-order valence-electron chi connectivity index (χ1n) is 6.26. The number of benzene rings is 1. The average Bonchev–Trinajstić information content (AvgIpc) is 2.25. The van der Waals surface area contributed by atoms with Crippen molar-refractivity contribution in [3.05, 3.63) is 28.8 Å². The Morgan fingerprint density at radius 2 is 1.65 bits per heavy atom. The highest BCUT2D eigenvalue weighted by molar-refractivity contribution is 5.40. The van der Waals surface area contributed by atoms with Gasteiger partial charge in [0.15, 0.2) is 0 Å². The maximum Gasteiger partial charge on any atom is 0.122 e. The van der Waals surface area contributed by atoms with Crippen molar-refractivity contribution in [1.82, 2.24) is 0 Å². The zero-order valence-electron chi connectivity index (χ0n) is 11.8. The second-order valence-electron chi connectivity index (χ2n) is 5.67. The summed E-state index contributed by atoms with van der Waals surface area (Å²) in [6.45, 7) is 12.1. The van der Waals surface area contributed by atoms with Gasteiger partial charge in [-0.2, -0.15) is 0 Å². The zero-order chi connectivity index (χ0) is 13.1. The Hall–Kier alpha value is -1.02. The molecular weight excluding hydrogens is 210 g/mol. The van der Waals surface area contributed by atoms with Crippen LogP contribution in [-0.2, 0) is 0 Å². The third-order valence-electron chi connectivity index (χ3n) is 3.38. The highest BCUT2D eigenvalue weighted by Crippen LogP contribution is 2.24. The van der Waals surface area contributed by atoms with E-state index < -0.39 is 0 Å². The van der Waals surface area contributed by atoms with Gasteiger partial charge in [0.05, 0.1) is 6.61 Å². The summed E-state index contributed by atoms with van der Waals surface area (Å²) in [6.07, 6.45) is 0.982. The first-order valence-corrected chi connectivity index (χ1v) is 6.26. The summed E-state index contributed by atoms with van der Waals surface area (Å²) < 4.78 is 5.85. The van der Waals surface area contributed by atoms with Crippen LogP contribution in [0.25, 0.3) is 0 Å².